The highest BCUT2D eigenvalue weighted by Crippen LogP contribution is 2.25. The van der Waals surface area contributed by atoms with Crippen LogP contribution in [-0.4, -0.2) is 24.0 Å². The molecule has 3 rings (SSSR count). The number of nitrogens with zero attached hydrogens (tertiary/aromatic N) is 1. The zero-order chi connectivity index (χ0) is 16.4. The van der Waals surface area contributed by atoms with Gasteiger partial charge in [0.2, 0.25) is 0 Å². The number of amides is 1. The van der Waals surface area contributed by atoms with E-state index in [1.807, 2.05) is 49.9 Å². The standard InChI is InChI=1S/C20H23NO2/c1-4-23-18-8-7-16-9-10-21(13-17(16)12-18)20(22)19-11-14(2)5-6-15(19)3/h5-8,11-12H,4,9-10,13H2,1-3H3. The smallest absolute Gasteiger partial charge is 0.254 e. The van der Waals surface area contributed by atoms with E-state index in [1.54, 1.807) is 0 Å². The van der Waals surface area contributed by atoms with Crippen LogP contribution in [0.1, 0.15) is 39.5 Å². The molecule has 1 aliphatic rings. The zero-order valence-electron chi connectivity index (χ0n) is 14.1. The highest BCUT2D eigenvalue weighted by atomic mass is 16.5. The Hall–Kier alpha value is -2.29. The first-order valence-electron chi connectivity index (χ1n) is 8.19. The zero-order valence-corrected chi connectivity index (χ0v) is 14.1. The number of fused-ring (bicyclic) bond motifs is 1. The number of hydrogen-bond acceptors (Lipinski definition) is 2. The normalized spacial score (nSPS) is 13.6. The fourth-order valence-corrected chi connectivity index (χ4v) is 3.10. The maximum absolute atomic E-state index is 12.9. The molecule has 23 heavy (non-hydrogen) atoms. The van der Waals surface area contributed by atoms with Crippen LogP contribution in [0.5, 0.6) is 5.75 Å². The summed E-state index contributed by atoms with van der Waals surface area (Å²) in [5, 5.41) is 0. The van der Waals surface area contributed by atoms with E-state index in [9.17, 15) is 4.79 Å². The van der Waals surface area contributed by atoms with Gasteiger partial charge in [-0.05, 0) is 62.1 Å². The molecular weight excluding hydrogens is 286 g/mol. The molecule has 0 spiro atoms. The molecule has 0 saturated heterocycles. The summed E-state index contributed by atoms with van der Waals surface area (Å²) >= 11 is 0. The Morgan fingerprint density at radius 3 is 2.74 bits per heavy atom. The number of carbonyl (C=O) groups is 1. The van der Waals surface area contributed by atoms with Crippen molar-refractivity contribution in [3.63, 3.8) is 0 Å². The molecule has 2 aromatic carbocycles. The molecule has 0 fully saturated rings. The Bertz CT molecular complexity index is 736. The highest BCUT2D eigenvalue weighted by molar-refractivity contribution is 5.96. The van der Waals surface area contributed by atoms with E-state index in [0.29, 0.717) is 13.2 Å². The molecule has 3 heteroatoms. The lowest BCUT2D eigenvalue weighted by Gasteiger charge is -2.29. The van der Waals surface area contributed by atoms with Gasteiger partial charge in [0.1, 0.15) is 5.75 Å². The molecular formula is C20H23NO2. The van der Waals surface area contributed by atoms with Crippen LogP contribution in [0.2, 0.25) is 0 Å². The van der Waals surface area contributed by atoms with E-state index in [2.05, 4.69) is 12.1 Å². The van der Waals surface area contributed by atoms with Crippen molar-refractivity contribution in [3.8, 4) is 5.75 Å². The van der Waals surface area contributed by atoms with E-state index in [4.69, 9.17) is 4.74 Å². The molecule has 0 saturated carbocycles. The van der Waals surface area contributed by atoms with Crippen LogP contribution in [0.4, 0.5) is 0 Å². The quantitative estimate of drug-likeness (QED) is 0.860. The number of carbonyl (C=O) groups excluding carboxylic acids is 1. The van der Waals surface area contributed by atoms with Gasteiger partial charge < -0.3 is 9.64 Å². The first-order chi connectivity index (χ1) is 11.1. The van der Waals surface area contributed by atoms with Crippen molar-refractivity contribution < 1.29 is 9.53 Å². The van der Waals surface area contributed by atoms with E-state index in [0.717, 1.165) is 35.4 Å². The van der Waals surface area contributed by atoms with Gasteiger partial charge in [-0.15, -0.1) is 0 Å². The third-order valence-electron chi connectivity index (χ3n) is 4.41. The average Bonchev–Trinajstić information content (AvgIpc) is 2.56. The summed E-state index contributed by atoms with van der Waals surface area (Å²) in [6, 6.07) is 12.3. The molecule has 0 atom stereocenters. The molecule has 0 bridgehead atoms. The van der Waals surface area contributed by atoms with Gasteiger partial charge in [0, 0.05) is 18.7 Å². The summed E-state index contributed by atoms with van der Waals surface area (Å²) in [5.41, 5.74) is 5.48. The Morgan fingerprint density at radius 1 is 1.13 bits per heavy atom. The molecule has 2 aromatic rings. The summed E-state index contributed by atoms with van der Waals surface area (Å²) in [6.45, 7) is 8.09. The van der Waals surface area contributed by atoms with E-state index in [1.165, 1.54) is 11.1 Å². The fraction of sp³-hybridized carbons (Fsp3) is 0.350. The number of rotatable bonds is 3. The molecule has 0 N–H and O–H groups in total. The van der Waals surface area contributed by atoms with Gasteiger partial charge in [-0.3, -0.25) is 4.79 Å². The van der Waals surface area contributed by atoms with Crippen molar-refractivity contribution in [1.29, 1.82) is 0 Å². The molecule has 0 aromatic heterocycles. The largest absolute Gasteiger partial charge is 0.494 e. The molecule has 0 unspecified atom stereocenters. The van der Waals surface area contributed by atoms with Crippen LogP contribution in [0.25, 0.3) is 0 Å². The van der Waals surface area contributed by atoms with Gasteiger partial charge in [0.15, 0.2) is 0 Å². The summed E-state index contributed by atoms with van der Waals surface area (Å²) in [7, 11) is 0. The first kappa shape index (κ1) is 15.6. The molecule has 0 aliphatic carbocycles. The predicted molar refractivity (Wildman–Crippen MR) is 92.0 cm³/mol. The van der Waals surface area contributed by atoms with E-state index >= 15 is 0 Å². The van der Waals surface area contributed by atoms with Crippen molar-refractivity contribution in [2.75, 3.05) is 13.2 Å². The second kappa shape index (κ2) is 6.45. The van der Waals surface area contributed by atoms with Crippen LogP contribution < -0.4 is 4.74 Å². The van der Waals surface area contributed by atoms with Crippen molar-refractivity contribution in [1.82, 2.24) is 4.90 Å². The van der Waals surface area contributed by atoms with Gasteiger partial charge in [0.25, 0.3) is 5.91 Å². The predicted octanol–water partition coefficient (Wildman–Crippen LogP) is 3.90. The van der Waals surface area contributed by atoms with Gasteiger partial charge in [-0.1, -0.05) is 23.8 Å². The van der Waals surface area contributed by atoms with Gasteiger partial charge in [-0.25, -0.2) is 0 Å². The Kier molecular flexibility index (Phi) is 4.37. The Morgan fingerprint density at radius 2 is 1.96 bits per heavy atom. The lowest BCUT2D eigenvalue weighted by molar-refractivity contribution is 0.0733. The highest BCUT2D eigenvalue weighted by Gasteiger charge is 2.23. The molecule has 120 valence electrons. The monoisotopic (exact) mass is 309 g/mol. The fourth-order valence-electron chi connectivity index (χ4n) is 3.10. The van der Waals surface area contributed by atoms with Crippen LogP contribution in [0, 0.1) is 13.8 Å². The third-order valence-corrected chi connectivity index (χ3v) is 4.41. The minimum absolute atomic E-state index is 0.124. The molecule has 1 amide bonds. The Balaban J connectivity index is 1.84. The minimum atomic E-state index is 0.124. The van der Waals surface area contributed by atoms with Gasteiger partial charge in [-0.2, -0.15) is 0 Å². The second-order valence-corrected chi connectivity index (χ2v) is 6.16. The van der Waals surface area contributed by atoms with Crippen molar-refractivity contribution in [2.24, 2.45) is 0 Å². The second-order valence-electron chi connectivity index (χ2n) is 6.16. The number of ether oxygens (including phenoxy) is 1. The summed E-state index contributed by atoms with van der Waals surface area (Å²) in [5.74, 6) is 1.01. The number of aryl methyl sites for hydroxylation is 2. The lowest BCUT2D eigenvalue weighted by Crippen LogP contribution is -2.36. The van der Waals surface area contributed by atoms with Crippen molar-refractivity contribution >= 4 is 5.91 Å². The van der Waals surface area contributed by atoms with Crippen molar-refractivity contribution in [2.45, 2.75) is 33.7 Å². The summed E-state index contributed by atoms with van der Waals surface area (Å²) in [4.78, 5) is 14.8. The van der Waals surface area contributed by atoms with Gasteiger partial charge >= 0.3 is 0 Å². The van der Waals surface area contributed by atoms with Crippen LogP contribution in [0.15, 0.2) is 36.4 Å². The topological polar surface area (TPSA) is 29.5 Å². The summed E-state index contributed by atoms with van der Waals surface area (Å²) in [6.07, 6.45) is 0.901. The molecule has 0 radical (unpaired) electrons. The summed E-state index contributed by atoms with van der Waals surface area (Å²) < 4.78 is 5.58. The van der Waals surface area contributed by atoms with Crippen LogP contribution >= 0.6 is 0 Å². The first-order valence-corrected chi connectivity index (χ1v) is 8.19. The van der Waals surface area contributed by atoms with E-state index < -0.39 is 0 Å². The van der Waals surface area contributed by atoms with Crippen LogP contribution in [-0.2, 0) is 13.0 Å². The van der Waals surface area contributed by atoms with Crippen LogP contribution in [0.3, 0.4) is 0 Å². The molecule has 1 aliphatic heterocycles. The SMILES string of the molecule is CCOc1ccc2c(c1)CN(C(=O)c1cc(C)ccc1C)CC2. The van der Waals surface area contributed by atoms with Crippen molar-refractivity contribution in [3.05, 3.63) is 64.2 Å². The molecule has 1 heterocycles. The van der Waals surface area contributed by atoms with E-state index in [-0.39, 0.29) is 5.91 Å². The maximum atomic E-state index is 12.9. The average molecular weight is 309 g/mol. The Labute approximate surface area is 137 Å². The maximum Gasteiger partial charge on any atom is 0.254 e. The van der Waals surface area contributed by atoms with Gasteiger partial charge in [0.05, 0.1) is 6.61 Å². The number of hydrogen-bond donors (Lipinski definition) is 0. The molecule has 3 nitrogen and oxygen atoms in total. The third kappa shape index (κ3) is 3.24. The minimum Gasteiger partial charge on any atom is -0.494 e. The lowest BCUT2D eigenvalue weighted by atomic mass is 9.97. The number of benzene rings is 2.